The van der Waals surface area contributed by atoms with Gasteiger partial charge in [-0.3, -0.25) is 4.99 Å². The van der Waals surface area contributed by atoms with E-state index in [-0.39, 0.29) is 5.56 Å². The molecule has 0 aliphatic rings. The maximum atomic E-state index is 10.8. The molecule has 0 aliphatic heterocycles. The van der Waals surface area contributed by atoms with Crippen LogP contribution in [-0.2, 0) is 0 Å². The number of aromatic carboxylic acids is 1. The van der Waals surface area contributed by atoms with Gasteiger partial charge in [-0.05, 0) is 36.9 Å². The Morgan fingerprint density at radius 2 is 2.19 bits per heavy atom. The molecule has 0 saturated heterocycles. The summed E-state index contributed by atoms with van der Waals surface area (Å²) in [6.45, 7) is 1.86. The minimum atomic E-state index is -0.954. The van der Waals surface area contributed by atoms with Crippen LogP contribution < -0.4 is 5.73 Å². The Morgan fingerprint density at radius 3 is 2.69 bits per heavy atom. The Kier molecular flexibility index (Phi) is 3.83. The van der Waals surface area contributed by atoms with Gasteiger partial charge in [-0.2, -0.15) is 0 Å². The van der Waals surface area contributed by atoms with Crippen LogP contribution in [0.3, 0.4) is 0 Å². The molecule has 1 aromatic carbocycles. The van der Waals surface area contributed by atoms with Gasteiger partial charge in [-0.1, -0.05) is 6.07 Å². The van der Waals surface area contributed by atoms with Crippen LogP contribution in [-0.4, -0.2) is 23.8 Å². The van der Waals surface area contributed by atoms with E-state index in [4.69, 9.17) is 10.8 Å². The third kappa shape index (κ3) is 2.48. The summed E-state index contributed by atoms with van der Waals surface area (Å²) in [5, 5.41) is 8.88. The summed E-state index contributed by atoms with van der Waals surface area (Å²) in [5.41, 5.74) is 8.04. The fourth-order valence-electron chi connectivity index (χ4n) is 1.39. The lowest BCUT2D eigenvalue weighted by Crippen LogP contribution is -2.02. The summed E-state index contributed by atoms with van der Waals surface area (Å²) in [6, 6.07) is 4.87. The van der Waals surface area contributed by atoms with Crippen molar-refractivity contribution in [3.05, 3.63) is 41.1 Å². The van der Waals surface area contributed by atoms with Crippen molar-refractivity contribution >= 4 is 17.8 Å². The Hall–Kier alpha value is -2.10. The standard InChI is InChI=1S/C12H14N2O2/c1-8(14-2)11-4-3-10(12(15)16)7-9(11)5-6-13/h3-7H,13H2,1-2H3,(H,15,16). The minimum absolute atomic E-state index is 0.237. The van der Waals surface area contributed by atoms with E-state index in [1.54, 1.807) is 31.3 Å². The van der Waals surface area contributed by atoms with Crippen molar-refractivity contribution in [1.82, 2.24) is 0 Å². The van der Waals surface area contributed by atoms with E-state index >= 15 is 0 Å². The summed E-state index contributed by atoms with van der Waals surface area (Å²) in [5.74, 6) is -0.954. The van der Waals surface area contributed by atoms with E-state index in [0.29, 0.717) is 0 Å². The van der Waals surface area contributed by atoms with Gasteiger partial charge >= 0.3 is 5.97 Å². The molecule has 0 radical (unpaired) electrons. The molecule has 4 nitrogen and oxygen atoms in total. The zero-order valence-corrected chi connectivity index (χ0v) is 9.27. The molecule has 4 heteroatoms. The van der Waals surface area contributed by atoms with Crippen molar-refractivity contribution in [3.8, 4) is 0 Å². The third-order valence-corrected chi connectivity index (χ3v) is 2.30. The molecule has 1 aromatic rings. The monoisotopic (exact) mass is 218 g/mol. The fraction of sp³-hybridized carbons (Fsp3) is 0.167. The predicted octanol–water partition coefficient (Wildman–Crippen LogP) is 1.75. The van der Waals surface area contributed by atoms with E-state index in [9.17, 15) is 4.79 Å². The Balaban J connectivity index is 3.35. The first-order chi connectivity index (χ1) is 7.60. The van der Waals surface area contributed by atoms with Crippen LogP contribution in [0.4, 0.5) is 0 Å². The summed E-state index contributed by atoms with van der Waals surface area (Å²) in [4.78, 5) is 14.9. The maximum Gasteiger partial charge on any atom is 0.335 e. The second kappa shape index (κ2) is 5.11. The molecule has 0 atom stereocenters. The molecule has 0 unspecified atom stereocenters. The minimum Gasteiger partial charge on any atom is -0.478 e. The van der Waals surface area contributed by atoms with Crippen molar-refractivity contribution in [2.24, 2.45) is 10.7 Å². The van der Waals surface area contributed by atoms with Gasteiger partial charge in [-0.15, -0.1) is 0 Å². The topological polar surface area (TPSA) is 75.7 Å². The first kappa shape index (κ1) is 12.0. The number of nitrogens with zero attached hydrogens (tertiary/aromatic N) is 1. The summed E-state index contributed by atoms with van der Waals surface area (Å²) < 4.78 is 0. The second-order valence-corrected chi connectivity index (χ2v) is 3.28. The molecule has 0 saturated carbocycles. The predicted molar refractivity (Wildman–Crippen MR) is 64.8 cm³/mol. The molecule has 0 aliphatic carbocycles. The van der Waals surface area contributed by atoms with Gasteiger partial charge in [0.15, 0.2) is 0 Å². The molecule has 0 heterocycles. The third-order valence-electron chi connectivity index (χ3n) is 2.30. The van der Waals surface area contributed by atoms with Gasteiger partial charge in [0.05, 0.1) is 5.56 Å². The van der Waals surface area contributed by atoms with Crippen LogP contribution in [0, 0.1) is 0 Å². The van der Waals surface area contributed by atoms with Crippen LogP contribution >= 0.6 is 0 Å². The second-order valence-electron chi connectivity index (χ2n) is 3.28. The molecule has 0 bridgehead atoms. The van der Waals surface area contributed by atoms with E-state index < -0.39 is 5.97 Å². The molecule has 1 rings (SSSR count). The lowest BCUT2D eigenvalue weighted by atomic mass is 10.0. The van der Waals surface area contributed by atoms with Crippen LogP contribution in [0.1, 0.15) is 28.4 Å². The molecule has 0 spiro atoms. The summed E-state index contributed by atoms with van der Waals surface area (Å²) in [6.07, 6.45) is 3.05. The van der Waals surface area contributed by atoms with Crippen molar-refractivity contribution in [2.75, 3.05) is 7.05 Å². The van der Waals surface area contributed by atoms with Gasteiger partial charge in [0, 0.05) is 18.3 Å². The molecule has 84 valence electrons. The molecular weight excluding hydrogens is 204 g/mol. The van der Waals surface area contributed by atoms with Crippen LogP contribution in [0.2, 0.25) is 0 Å². The molecule has 16 heavy (non-hydrogen) atoms. The summed E-state index contributed by atoms with van der Waals surface area (Å²) in [7, 11) is 1.69. The zero-order chi connectivity index (χ0) is 12.1. The first-order valence-corrected chi connectivity index (χ1v) is 4.79. The van der Waals surface area contributed by atoms with Crippen molar-refractivity contribution < 1.29 is 9.90 Å². The molecular formula is C12H14N2O2. The number of aliphatic imine (C=N–C) groups is 1. The highest BCUT2D eigenvalue weighted by Crippen LogP contribution is 2.15. The number of benzene rings is 1. The largest absolute Gasteiger partial charge is 0.478 e. The zero-order valence-electron chi connectivity index (χ0n) is 9.27. The molecule has 0 fully saturated rings. The Bertz CT molecular complexity index is 462. The average molecular weight is 218 g/mol. The molecule has 0 aromatic heterocycles. The van der Waals surface area contributed by atoms with Crippen LogP contribution in [0.15, 0.2) is 29.4 Å². The number of carboxylic acids is 1. The highest BCUT2D eigenvalue weighted by Gasteiger charge is 2.08. The van der Waals surface area contributed by atoms with Gasteiger partial charge in [0.2, 0.25) is 0 Å². The highest BCUT2D eigenvalue weighted by molar-refractivity contribution is 6.02. The van der Waals surface area contributed by atoms with Crippen molar-refractivity contribution in [3.63, 3.8) is 0 Å². The number of nitrogens with two attached hydrogens (primary N) is 1. The smallest absolute Gasteiger partial charge is 0.335 e. The number of hydrogen-bond donors (Lipinski definition) is 2. The van der Waals surface area contributed by atoms with E-state index in [1.165, 1.54) is 6.20 Å². The Morgan fingerprint density at radius 1 is 1.50 bits per heavy atom. The van der Waals surface area contributed by atoms with E-state index in [2.05, 4.69) is 4.99 Å². The molecule has 0 amide bonds. The van der Waals surface area contributed by atoms with Gasteiger partial charge in [0.25, 0.3) is 0 Å². The molecule has 3 N–H and O–H groups in total. The number of carbonyl (C=O) groups is 1. The van der Waals surface area contributed by atoms with E-state index in [1.807, 2.05) is 6.92 Å². The lowest BCUT2D eigenvalue weighted by Gasteiger charge is -2.06. The SMILES string of the molecule is CN=C(C)c1ccc(C(=O)O)cc1C=CN. The van der Waals surface area contributed by atoms with Crippen LogP contribution in [0.5, 0.6) is 0 Å². The Labute approximate surface area is 94.1 Å². The first-order valence-electron chi connectivity index (χ1n) is 4.79. The van der Waals surface area contributed by atoms with E-state index in [0.717, 1.165) is 16.8 Å². The number of hydrogen-bond acceptors (Lipinski definition) is 3. The number of rotatable bonds is 3. The summed E-state index contributed by atoms with van der Waals surface area (Å²) >= 11 is 0. The normalized spacial score (nSPS) is 12.0. The van der Waals surface area contributed by atoms with Gasteiger partial charge in [-0.25, -0.2) is 4.79 Å². The lowest BCUT2D eigenvalue weighted by molar-refractivity contribution is 0.0697. The van der Waals surface area contributed by atoms with Crippen LogP contribution in [0.25, 0.3) is 6.08 Å². The fourth-order valence-corrected chi connectivity index (χ4v) is 1.39. The van der Waals surface area contributed by atoms with Crippen molar-refractivity contribution in [1.29, 1.82) is 0 Å². The van der Waals surface area contributed by atoms with Gasteiger partial charge in [0.1, 0.15) is 0 Å². The number of carboxylic acid groups (broad SMARTS) is 1. The quantitative estimate of drug-likeness (QED) is 0.759. The average Bonchev–Trinajstić information content (AvgIpc) is 2.28. The highest BCUT2D eigenvalue weighted by atomic mass is 16.4. The van der Waals surface area contributed by atoms with Gasteiger partial charge < -0.3 is 10.8 Å². The van der Waals surface area contributed by atoms with Crippen molar-refractivity contribution in [2.45, 2.75) is 6.92 Å². The maximum absolute atomic E-state index is 10.8.